The fourth-order valence-electron chi connectivity index (χ4n) is 2.55. The standard InChI is InChI=1S/C18H18N2O3S/c1-11-8-12(2)19-18-17(11)13(10-24-18)20-16(21)9-23-15-7-5-4-6-14(15)22-3/h4-8,10H,9H2,1-3H3,(H,20,21). The lowest BCUT2D eigenvalue weighted by molar-refractivity contribution is -0.118. The van der Waals surface area contributed by atoms with Crippen molar-refractivity contribution in [3.8, 4) is 11.5 Å². The number of methoxy groups -OCH3 is 1. The smallest absolute Gasteiger partial charge is 0.262 e. The Morgan fingerprint density at radius 2 is 2.00 bits per heavy atom. The molecule has 124 valence electrons. The van der Waals surface area contributed by atoms with E-state index in [0.717, 1.165) is 27.2 Å². The molecular formula is C18H18N2O3S. The van der Waals surface area contributed by atoms with Crippen LogP contribution in [-0.2, 0) is 4.79 Å². The van der Waals surface area contributed by atoms with E-state index in [2.05, 4.69) is 10.3 Å². The maximum atomic E-state index is 12.2. The Morgan fingerprint density at radius 1 is 1.25 bits per heavy atom. The maximum absolute atomic E-state index is 12.2. The van der Waals surface area contributed by atoms with E-state index in [4.69, 9.17) is 9.47 Å². The number of rotatable bonds is 5. The Hall–Kier alpha value is -2.60. The largest absolute Gasteiger partial charge is 0.493 e. The van der Waals surface area contributed by atoms with E-state index in [-0.39, 0.29) is 12.5 Å². The van der Waals surface area contributed by atoms with Crippen LogP contribution < -0.4 is 14.8 Å². The molecule has 2 aromatic heterocycles. The summed E-state index contributed by atoms with van der Waals surface area (Å²) < 4.78 is 10.8. The maximum Gasteiger partial charge on any atom is 0.262 e. The van der Waals surface area contributed by atoms with Crippen LogP contribution in [0.5, 0.6) is 11.5 Å². The second-order valence-corrected chi connectivity index (χ2v) is 6.26. The zero-order valence-electron chi connectivity index (χ0n) is 13.8. The molecule has 0 spiro atoms. The number of aromatic nitrogens is 1. The summed E-state index contributed by atoms with van der Waals surface area (Å²) in [5, 5.41) is 5.79. The number of fused-ring (bicyclic) bond motifs is 1. The molecule has 6 heteroatoms. The molecule has 1 amide bonds. The molecule has 0 aliphatic carbocycles. The number of benzene rings is 1. The molecule has 24 heavy (non-hydrogen) atoms. The second-order valence-electron chi connectivity index (χ2n) is 5.40. The number of aryl methyl sites for hydroxylation is 2. The van der Waals surface area contributed by atoms with E-state index < -0.39 is 0 Å². The average molecular weight is 342 g/mol. The molecule has 5 nitrogen and oxygen atoms in total. The van der Waals surface area contributed by atoms with E-state index in [9.17, 15) is 4.79 Å². The van der Waals surface area contributed by atoms with Crippen molar-refractivity contribution < 1.29 is 14.3 Å². The number of amides is 1. The molecule has 3 aromatic rings. The number of carbonyl (C=O) groups is 1. The minimum atomic E-state index is -0.222. The third kappa shape index (κ3) is 3.33. The first-order chi connectivity index (χ1) is 11.6. The van der Waals surface area contributed by atoms with E-state index in [1.54, 1.807) is 19.2 Å². The zero-order valence-corrected chi connectivity index (χ0v) is 14.6. The van der Waals surface area contributed by atoms with Gasteiger partial charge in [-0.05, 0) is 37.6 Å². The SMILES string of the molecule is COc1ccccc1OCC(=O)Nc1csc2nc(C)cc(C)c12. The Morgan fingerprint density at radius 3 is 2.75 bits per heavy atom. The fourth-order valence-corrected chi connectivity index (χ4v) is 3.54. The molecule has 1 aromatic carbocycles. The lowest BCUT2D eigenvalue weighted by atomic mass is 10.1. The summed E-state index contributed by atoms with van der Waals surface area (Å²) in [6.07, 6.45) is 0. The number of hydrogen-bond donors (Lipinski definition) is 1. The van der Waals surface area contributed by atoms with Crippen LogP contribution in [0.4, 0.5) is 5.69 Å². The number of nitrogens with one attached hydrogen (secondary N) is 1. The highest BCUT2D eigenvalue weighted by Crippen LogP contribution is 2.32. The summed E-state index contributed by atoms with van der Waals surface area (Å²) >= 11 is 1.52. The first-order valence-corrected chi connectivity index (χ1v) is 8.37. The molecule has 0 fully saturated rings. The fraction of sp³-hybridized carbons (Fsp3) is 0.222. The second kappa shape index (κ2) is 6.88. The Kier molecular flexibility index (Phi) is 4.66. The van der Waals surface area contributed by atoms with Gasteiger partial charge in [0.2, 0.25) is 0 Å². The first kappa shape index (κ1) is 16.3. The van der Waals surface area contributed by atoms with E-state index in [1.807, 2.05) is 37.4 Å². The van der Waals surface area contributed by atoms with Crippen molar-refractivity contribution in [3.63, 3.8) is 0 Å². The van der Waals surface area contributed by atoms with Gasteiger partial charge in [0.1, 0.15) is 4.83 Å². The number of pyridine rings is 1. The Labute approximate surface area is 144 Å². The van der Waals surface area contributed by atoms with Crippen molar-refractivity contribution in [2.45, 2.75) is 13.8 Å². The molecule has 0 atom stereocenters. The summed E-state index contributed by atoms with van der Waals surface area (Å²) in [5.74, 6) is 0.918. The minimum absolute atomic E-state index is 0.0873. The summed E-state index contributed by atoms with van der Waals surface area (Å²) in [6, 6.07) is 9.25. The van der Waals surface area contributed by atoms with Gasteiger partial charge in [-0.1, -0.05) is 12.1 Å². The molecule has 0 unspecified atom stereocenters. The lowest BCUT2D eigenvalue weighted by Crippen LogP contribution is -2.20. The zero-order chi connectivity index (χ0) is 17.1. The third-order valence-electron chi connectivity index (χ3n) is 3.57. The summed E-state index contributed by atoms with van der Waals surface area (Å²) in [5.41, 5.74) is 2.84. The third-order valence-corrected chi connectivity index (χ3v) is 4.44. The van der Waals surface area contributed by atoms with E-state index in [0.29, 0.717) is 11.5 Å². The van der Waals surface area contributed by atoms with E-state index in [1.165, 1.54) is 11.3 Å². The number of thiophene rings is 1. The predicted molar refractivity (Wildman–Crippen MR) is 96.2 cm³/mol. The Balaban J connectivity index is 1.72. The molecule has 0 aliphatic heterocycles. The molecule has 0 saturated carbocycles. The van der Waals surface area contributed by atoms with Gasteiger partial charge < -0.3 is 14.8 Å². The van der Waals surface area contributed by atoms with Crippen LogP contribution in [0.1, 0.15) is 11.3 Å². The number of nitrogens with zero attached hydrogens (tertiary/aromatic N) is 1. The van der Waals surface area contributed by atoms with E-state index >= 15 is 0 Å². The van der Waals surface area contributed by atoms with Gasteiger partial charge in [-0.25, -0.2) is 4.98 Å². The average Bonchev–Trinajstić information content (AvgIpc) is 2.96. The number of ether oxygens (including phenoxy) is 2. The van der Waals surface area contributed by atoms with Crippen molar-refractivity contribution in [3.05, 3.63) is 47.0 Å². The molecule has 3 rings (SSSR count). The highest BCUT2D eigenvalue weighted by atomic mass is 32.1. The monoisotopic (exact) mass is 342 g/mol. The summed E-state index contributed by atoms with van der Waals surface area (Å²) in [7, 11) is 1.57. The van der Waals surface area contributed by atoms with Crippen LogP contribution in [0.15, 0.2) is 35.7 Å². The van der Waals surface area contributed by atoms with Crippen molar-refractivity contribution in [2.24, 2.45) is 0 Å². The lowest BCUT2D eigenvalue weighted by Gasteiger charge is -2.10. The van der Waals surface area contributed by atoms with Gasteiger partial charge in [0.05, 0.1) is 12.8 Å². The first-order valence-electron chi connectivity index (χ1n) is 7.49. The van der Waals surface area contributed by atoms with Crippen LogP contribution in [0.2, 0.25) is 0 Å². The van der Waals surface area contributed by atoms with Gasteiger partial charge in [-0.15, -0.1) is 11.3 Å². The van der Waals surface area contributed by atoms with Gasteiger partial charge in [0, 0.05) is 16.5 Å². The van der Waals surface area contributed by atoms with Crippen LogP contribution in [0, 0.1) is 13.8 Å². The highest BCUT2D eigenvalue weighted by Gasteiger charge is 2.13. The van der Waals surface area contributed by atoms with Gasteiger partial charge >= 0.3 is 0 Å². The van der Waals surface area contributed by atoms with Gasteiger partial charge in [0.25, 0.3) is 5.91 Å². The van der Waals surface area contributed by atoms with Crippen molar-refractivity contribution in [2.75, 3.05) is 19.0 Å². The number of carbonyl (C=O) groups excluding carboxylic acids is 1. The summed E-state index contributed by atoms with van der Waals surface area (Å²) in [4.78, 5) is 17.6. The summed E-state index contributed by atoms with van der Waals surface area (Å²) in [6.45, 7) is 3.90. The quantitative estimate of drug-likeness (QED) is 0.763. The molecule has 0 radical (unpaired) electrons. The topological polar surface area (TPSA) is 60.5 Å². The van der Waals surface area contributed by atoms with Gasteiger partial charge in [-0.3, -0.25) is 4.79 Å². The minimum Gasteiger partial charge on any atom is -0.493 e. The molecule has 0 bridgehead atoms. The number of hydrogen-bond acceptors (Lipinski definition) is 5. The van der Waals surface area contributed by atoms with Gasteiger partial charge in [-0.2, -0.15) is 0 Å². The molecule has 2 heterocycles. The predicted octanol–water partition coefficient (Wildman–Crippen LogP) is 3.94. The van der Waals surface area contributed by atoms with Crippen molar-refractivity contribution >= 4 is 33.1 Å². The number of para-hydroxylation sites is 2. The van der Waals surface area contributed by atoms with Gasteiger partial charge in [0.15, 0.2) is 18.1 Å². The number of anilines is 1. The van der Waals surface area contributed by atoms with Crippen LogP contribution in [-0.4, -0.2) is 24.6 Å². The molecular weight excluding hydrogens is 324 g/mol. The van der Waals surface area contributed by atoms with Crippen LogP contribution in [0.3, 0.4) is 0 Å². The molecule has 1 N–H and O–H groups in total. The molecule has 0 aliphatic rings. The van der Waals surface area contributed by atoms with Crippen LogP contribution in [0.25, 0.3) is 10.2 Å². The molecule has 0 saturated heterocycles. The van der Waals surface area contributed by atoms with Crippen molar-refractivity contribution in [1.29, 1.82) is 0 Å². The normalized spacial score (nSPS) is 10.6. The van der Waals surface area contributed by atoms with Crippen LogP contribution >= 0.6 is 11.3 Å². The highest BCUT2D eigenvalue weighted by molar-refractivity contribution is 7.17. The Bertz CT molecular complexity index is 889. The van der Waals surface area contributed by atoms with Crippen molar-refractivity contribution in [1.82, 2.24) is 4.98 Å².